The van der Waals surface area contributed by atoms with Crippen LogP contribution in [0.4, 0.5) is 0 Å². The van der Waals surface area contributed by atoms with E-state index in [0.717, 1.165) is 13.0 Å². The molecule has 1 rings (SSSR count). The average Bonchev–Trinajstić information content (AvgIpc) is 2.28. The third-order valence-electron chi connectivity index (χ3n) is 2.66. The molecule has 0 aromatic rings. The summed E-state index contributed by atoms with van der Waals surface area (Å²) in [7, 11) is 0. The molecule has 1 atom stereocenters. The molecule has 5 heteroatoms. The molecule has 0 spiro atoms. The van der Waals surface area contributed by atoms with Crippen molar-refractivity contribution in [3.8, 4) is 0 Å². The minimum atomic E-state index is -0.132. The van der Waals surface area contributed by atoms with Gasteiger partial charge in [-0.3, -0.25) is 9.59 Å². The minimum Gasteiger partial charge on any atom is -0.355 e. The largest absolute Gasteiger partial charge is 0.355 e. The summed E-state index contributed by atoms with van der Waals surface area (Å²) in [5.41, 5.74) is 0. The summed E-state index contributed by atoms with van der Waals surface area (Å²) >= 11 is 0. The van der Waals surface area contributed by atoms with Crippen LogP contribution in [-0.4, -0.2) is 37.5 Å². The first kappa shape index (κ1) is 13.0. The van der Waals surface area contributed by atoms with E-state index in [4.69, 9.17) is 0 Å². The fraction of sp³-hybridized carbons (Fsp3) is 0.818. The first-order valence-corrected chi connectivity index (χ1v) is 5.99. The second kappa shape index (κ2) is 7.22. The molecular formula is C11H21N3O2. The zero-order chi connectivity index (χ0) is 11.8. The maximum absolute atomic E-state index is 11.5. The van der Waals surface area contributed by atoms with E-state index in [1.165, 1.54) is 12.8 Å². The van der Waals surface area contributed by atoms with Crippen LogP contribution in [0.3, 0.4) is 0 Å². The SMILES string of the molecule is CCNC(=O)CNC(=O)CC1CCCCN1. The van der Waals surface area contributed by atoms with Crippen molar-refractivity contribution in [1.29, 1.82) is 0 Å². The van der Waals surface area contributed by atoms with Crippen molar-refractivity contribution >= 4 is 11.8 Å². The summed E-state index contributed by atoms with van der Waals surface area (Å²) in [6, 6.07) is 0.281. The Morgan fingerprint density at radius 3 is 2.69 bits per heavy atom. The first-order valence-electron chi connectivity index (χ1n) is 5.99. The average molecular weight is 227 g/mol. The van der Waals surface area contributed by atoms with Gasteiger partial charge in [0.05, 0.1) is 6.54 Å². The lowest BCUT2D eigenvalue weighted by atomic mass is 10.0. The Balaban J connectivity index is 2.12. The van der Waals surface area contributed by atoms with E-state index in [1.54, 1.807) is 0 Å². The van der Waals surface area contributed by atoms with Crippen molar-refractivity contribution in [2.75, 3.05) is 19.6 Å². The summed E-state index contributed by atoms with van der Waals surface area (Å²) < 4.78 is 0. The number of amides is 2. The molecule has 5 nitrogen and oxygen atoms in total. The van der Waals surface area contributed by atoms with Crippen molar-refractivity contribution in [1.82, 2.24) is 16.0 Å². The molecule has 2 amide bonds. The molecule has 0 bridgehead atoms. The summed E-state index contributed by atoms with van der Waals surface area (Å²) in [6.45, 7) is 3.53. The van der Waals surface area contributed by atoms with Crippen LogP contribution in [0.2, 0.25) is 0 Å². The van der Waals surface area contributed by atoms with Crippen LogP contribution in [-0.2, 0) is 9.59 Å². The number of nitrogens with one attached hydrogen (secondary N) is 3. The zero-order valence-corrected chi connectivity index (χ0v) is 9.84. The predicted molar refractivity (Wildman–Crippen MR) is 62.0 cm³/mol. The molecule has 0 aromatic heterocycles. The van der Waals surface area contributed by atoms with Crippen molar-refractivity contribution in [3.63, 3.8) is 0 Å². The van der Waals surface area contributed by atoms with Crippen LogP contribution in [0.15, 0.2) is 0 Å². The molecule has 1 aliphatic rings. The molecule has 1 aliphatic heterocycles. The molecule has 1 fully saturated rings. The van der Waals surface area contributed by atoms with Gasteiger partial charge in [-0.05, 0) is 26.3 Å². The second-order valence-electron chi connectivity index (χ2n) is 4.08. The van der Waals surface area contributed by atoms with Gasteiger partial charge in [-0.25, -0.2) is 0 Å². The molecule has 0 radical (unpaired) electrons. The first-order chi connectivity index (χ1) is 7.72. The Kier molecular flexibility index (Phi) is 5.85. The molecule has 0 aromatic carbocycles. The van der Waals surface area contributed by atoms with Gasteiger partial charge < -0.3 is 16.0 Å². The van der Waals surface area contributed by atoms with Gasteiger partial charge in [-0.1, -0.05) is 6.42 Å². The van der Waals surface area contributed by atoms with Gasteiger partial charge >= 0.3 is 0 Å². The quantitative estimate of drug-likeness (QED) is 0.607. The van der Waals surface area contributed by atoms with Gasteiger partial charge in [0.2, 0.25) is 11.8 Å². The Bertz CT molecular complexity index is 237. The van der Waals surface area contributed by atoms with Crippen LogP contribution in [0.25, 0.3) is 0 Å². The van der Waals surface area contributed by atoms with E-state index in [-0.39, 0.29) is 24.4 Å². The Morgan fingerprint density at radius 1 is 1.25 bits per heavy atom. The molecule has 1 unspecified atom stereocenters. The number of hydrogen-bond donors (Lipinski definition) is 3. The lowest BCUT2D eigenvalue weighted by Gasteiger charge is -2.22. The summed E-state index contributed by atoms with van der Waals surface area (Å²) in [6.07, 6.45) is 3.90. The topological polar surface area (TPSA) is 70.2 Å². The highest BCUT2D eigenvalue weighted by atomic mass is 16.2. The zero-order valence-electron chi connectivity index (χ0n) is 9.84. The molecule has 1 heterocycles. The van der Waals surface area contributed by atoms with Crippen molar-refractivity contribution < 1.29 is 9.59 Å². The van der Waals surface area contributed by atoms with E-state index in [9.17, 15) is 9.59 Å². The fourth-order valence-electron chi connectivity index (χ4n) is 1.83. The molecule has 0 saturated carbocycles. The van der Waals surface area contributed by atoms with E-state index in [0.29, 0.717) is 13.0 Å². The normalized spacial score (nSPS) is 20.2. The highest BCUT2D eigenvalue weighted by Crippen LogP contribution is 2.09. The Labute approximate surface area is 96.4 Å². The van der Waals surface area contributed by atoms with Crippen LogP contribution in [0, 0.1) is 0 Å². The standard InChI is InChI=1S/C11H21N3O2/c1-2-12-11(16)8-14-10(15)7-9-5-3-4-6-13-9/h9,13H,2-8H2,1H3,(H,12,16)(H,14,15). The Hall–Kier alpha value is -1.10. The van der Waals surface area contributed by atoms with Gasteiger partial charge in [-0.15, -0.1) is 0 Å². The van der Waals surface area contributed by atoms with Crippen LogP contribution in [0.1, 0.15) is 32.6 Å². The smallest absolute Gasteiger partial charge is 0.239 e. The lowest BCUT2D eigenvalue weighted by Crippen LogP contribution is -2.41. The van der Waals surface area contributed by atoms with Crippen LogP contribution < -0.4 is 16.0 Å². The second-order valence-corrected chi connectivity index (χ2v) is 4.08. The molecule has 92 valence electrons. The fourth-order valence-corrected chi connectivity index (χ4v) is 1.83. The number of hydrogen-bond acceptors (Lipinski definition) is 3. The highest BCUT2D eigenvalue weighted by Gasteiger charge is 2.16. The molecule has 1 saturated heterocycles. The van der Waals surface area contributed by atoms with E-state index < -0.39 is 0 Å². The van der Waals surface area contributed by atoms with E-state index in [2.05, 4.69) is 16.0 Å². The highest BCUT2D eigenvalue weighted by molar-refractivity contribution is 5.84. The van der Waals surface area contributed by atoms with Gasteiger partial charge in [0.15, 0.2) is 0 Å². The predicted octanol–water partition coefficient (Wildman–Crippen LogP) is -0.229. The molecular weight excluding hydrogens is 206 g/mol. The van der Waals surface area contributed by atoms with Crippen LogP contribution >= 0.6 is 0 Å². The van der Waals surface area contributed by atoms with E-state index in [1.807, 2.05) is 6.92 Å². The summed E-state index contributed by atoms with van der Waals surface area (Å²) in [5, 5.41) is 8.56. The monoisotopic (exact) mass is 227 g/mol. The van der Waals surface area contributed by atoms with Gasteiger partial charge in [-0.2, -0.15) is 0 Å². The summed E-state index contributed by atoms with van der Waals surface area (Å²) in [4.78, 5) is 22.6. The van der Waals surface area contributed by atoms with Gasteiger partial charge in [0, 0.05) is 19.0 Å². The number of rotatable bonds is 5. The maximum Gasteiger partial charge on any atom is 0.239 e. The maximum atomic E-state index is 11.5. The van der Waals surface area contributed by atoms with Crippen molar-refractivity contribution in [2.45, 2.75) is 38.6 Å². The third kappa shape index (κ3) is 5.11. The van der Waals surface area contributed by atoms with Gasteiger partial charge in [0.25, 0.3) is 0 Å². The molecule has 3 N–H and O–H groups in total. The van der Waals surface area contributed by atoms with Crippen molar-refractivity contribution in [2.24, 2.45) is 0 Å². The number of carbonyl (C=O) groups excluding carboxylic acids is 2. The van der Waals surface area contributed by atoms with Crippen LogP contribution in [0.5, 0.6) is 0 Å². The third-order valence-corrected chi connectivity index (χ3v) is 2.66. The number of likely N-dealkylation sites (N-methyl/N-ethyl adjacent to an activating group) is 1. The van der Waals surface area contributed by atoms with Crippen molar-refractivity contribution in [3.05, 3.63) is 0 Å². The van der Waals surface area contributed by atoms with Gasteiger partial charge in [0.1, 0.15) is 0 Å². The Morgan fingerprint density at radius 2 is 2.06 bits per heavy atom. The number of piperidine rings is 1. The summed E-state index contributed by atoms with van der Waals surface area (Å²) in [5.74, 6) is -0.182. The molecule has 16 heavy (non-hydrogen) atoms. The minimum absolute atomic E-state index is 0.0503. The lowest BCUT2D eigenvalue weighted by molar-refractivity contribution is -0.126. The van der Waals surface area contributed by atoms with E-state index >= 15 is 0 Å². The number of carbonyl (C=O) groups is 2. The molecule has 0 aliphatic carbocycles.